The smallest absolute Gasteiger partial charge is 0.229 e. The summed E-state index contributed by atoms with van der Waals surface area (Å²) in [6.45, 7) is 2.57. The number of hydrogen-bond acceptors (Lipinski definition) is 3. The van der Waals surface area contributed by atoms with E-state index >= 15 is 0 Å². The average molecular weight is 369 g/mol. The highest BCUT2D eigenvalue weighted by Gasteiger charge is 2.35. The predicted octanol–water partition coefficient (Wildman–Crippen LogP) is 4.35. The molecule has 0 aliphatic carbocycles. The summed E-state index contributed by atoms with van der Waals surface area (Å²) in [6, 6.07) is 15.8. The van der Waals surface area contributed by atoms with Crippen molar-refractivity contribution in [2.45, 2.75) is 31.1 Å². The molecule has 0 radical (unpaired) electrons. The fraction of sp³-hybridized carbons (Fsp3) is 0.333. The Hall–Kier alpha value is -2.27. The van der Waals surface area contributed by atoms with Gasteiger partial charge in [0, 0.05) is 29.2 Å². The highest BCUT2D eigenvalue weighted by Crippen LogP contribution is 2.28. The molecule has 1 heterocycles. The predicted molar refractivity (Wildman–Crippen MR) is 108 cm³/mol. The molecule has 1 atom stereocenters. The summed E-state index contributed by atoms with van der Waals surface area (Å²) < 4.78 is 0. The van der Waals surface area contributed by atoms with E-state index in [-0.39, 0.29) is 24.2 Å². The third-order valence-corrected chi connectivity index (χ3v) is 5.35. The van der Waals surface area contributed by atoms with Gasteiger partial charge in [-0.1, -0.05) is 31.5 Å². The Bertz CT molecular complexity index is 789. The maximum atomic E-state index is 12.6. The highest BCUT2D eigenvalue weighted by molar-refractivity contribution is 7.98. The van der Waals surface area contributed by atoms with Gasteiger partial charge < -0.3 is 10.2 Å². The topological polar surface area (TPSA) is 49.4 Å². The first-order chi connectivity index (χ1) is 12.6. The summed E-state index contributed by atoms with van der Waals surface area (Å²) >= 11 is 1.64. The number of benzene rings is 2. The average Bonchev–Trinajstić information content (AvgIpc) is 3.05. The molecule has 2 aromatic rings. The Kier molecular flexibility index (Phi) is 5.99. The van der Waals surface area contributed by atoms with Gasteiger partial charge in [0.25, 0.3) is 0 Å². The van der Waals surface area contributed by atoms with E-state index in [2.05, 4.69) is 12.2 Å². The lowest BCUT2D eigenvalue weighted by Crippen LogP contribution is -2.28. The third kappa shape index (κ3) is 4.28. The quantitative estimate of drug-likeness (QED) is 0.771. The molecule has 1 N–H and O–H groups in total. The summed E-state index contributed by atoms with van der Waals surface area (Å²) in [5, 5.41) is 2.95. The van der Waals surface area contributed by atoms with Gasteiger partial charge in [0.05, 0.1) is 5.92 Å². The molecular formula is C21H24N2O2S. The van der Waals surface area contributed by atoms with Gasteiger partial charge in [-0.05, 0) is 48.6 Å². The molecule has 1 aliphatic heterocycles. The number of anilines is 2. The van der Waals surface area contributed by atoms with Crippen molar-refractivity contribution >= 4 is 35.0 Å². The first kappa shape index (κ1) is 18.5. The Balaban J connectivity index is 1.64. The molecule has 0 bridgehead atoms. The van der Waals surface area contributed by atoms with Crippen LogP contribution in [0.4, 0.5) is 11.4 Å². The molecule has 136 valence electrons. The van der Waals surface area contributed by atoms with Crippen LogP contribution in [-0.2, 0) is 16.0 Å². The number of amides is 2. The number of carbonyl (C=O) groups excluding carboxylic acids is 2. The number of thioether (sulfide) groups is 1. The van der Waals surface area contributed by atoms with Gasteiger partial charge in [-0.25, -0.2) is 0 Å². The molecule has 1 unspecified atom stereocenters. The van der Waals surface area contributed by atoms with Crippen molar-refractivity contribution in [1.82, 2.24) is 0 Å². The van der Waals surface area contributed by atoms with Gasteiger partial charge in [-0.2, -0.15) is 0 Å². The van der Waals surface area contributed by atoms with Gasteiger partial charge in [0.2, 0.25) is 11.8 Å². The number of rotatable bonds is 6. The molecule has 3 rings (SSSR count). The summed E-state index contributed by atoms with van der Waals surface area (Å²) in [5.41, 5.74) is 2.91. The van der Waals surface area contributed by atoms with Crippen LogP contribution in [0, 0.1) is 5.92 Å². The van der Waals surface area contributed by atoms with Gasteiger partial charge in [-0.3, -0.25) is 9.59 Å². The number of nitrogens with one attached hydrogen (secondary N) is 1. The first-order valence-corrected chi connectivity index (χ1v) is 10.2. The summed E-state index contributed by atoms with van der Waals surface area (Å²) in [6.07, 6.45) is 4.40. The molecule has 5 heteroatoms. The minimum atomic E-state index is -0.323. The van der Waals surface area contributed by atoms with Gasteiger partial charge in [0.1, 0.15) is 0 Å². The molecule has 4 nitrogen and oxygen atoms in total. The van der Waals surface area contributed by atoms with E-state index in [9.17, 15) is 9.59 Å². The van der Waals surface area contributed by atoms with Crippen molar-refractivity contribution in [3.8, 4) is 0 Å². The van der Waals surface area contributed by atoms with E-state index in [1.165, 1.54) is 5.56 Å². The van der Waals surface area contributed by atoms with Crippen molar-refractivity contribution in [2.75, 3.05) is 23.0 Å². The molecule has 0 aromatic heterocycles. The fourth-order valence-corrected chi connectivity index (χ4v) is 3.65. The first-order valence-electron chi connectivity index (χ1n) is 8.95. The summed E-state index contributed by atoms with van der Waals surface area (Å²) in [7, 11) is 0. The second-order valence-electron chi connectivity index (χ2n) is 6.54. The van der Waals surface area contributed by atoms with Gasteiger partial charge >= 0.3 is 0 Å². The van der Waals surface area contributed by atoms with E-state index in [0.717, 1.165) is 29.1 Å². The molecule has 0 saturated carbocycles. The zero-order valence-electron chi connectivity index (χ0n) is 15.2. The zero-order chi connectivity index (χ0) is 18.5. The van der Waals surface area contributed by atoms with Crippen molar-refractivity contribution in [2.24, 2.45) is 5.92 Å². The summed E-state index contributed by atoms with van der Waals surface area (Å²) in [5.74, 6) is -0.414. The largest absolute Gasteiger partial charge is 0.326 e. The normalized spacial score (nSPS) is 16.8. The van der Waals surface area contributed by atoms with Gasteiger partial charge in [-0.15, -0.1) is 11.8 Å². The van der Waals surface area contributed by atoms with Crippen molar-refractivity contribution in [3.63, 3.8) is 0 Å². The van der Waals surface area contributed by atoms with Crippen molar-refractivity contribution < 1.29 is 9.59 Å². The molecule has 26 heavy (non-hydrogen) atoms. The van der Waals surface area contributed by atoms with E-state index in [4.69, 9.17) is 0 Å². The maximum Gasteiger partial charge on any atom is 0.229 e. The van der Waals surface area contributed by atoms with E-state index < -0.39 is 0 Å². The molecular weight excluding hydrogens is 344 g/mol. The minimum Gasteiger partial charge on any atom is -0.326 e. The van der Waals surface area contributed by atoms with Crippen LogP contribution in [0.1, 0.15) is 25.3 Å². The van der Waals surface area contributed by atoms with Crippen molar-refractivity contribution in [3.05, 3.63) is 54.1 Å². The number of hydrogen-bond donors (Lipinski definition) is 1. The second-order valence-corrected chi connectivity index (χ2v) is 7.42. The Labute approximate surface area is 159 Å². The van der Waals surface area contributed by atoms with E-state index in [1.54, 1.807) is 16.7 Å². The standard InChI is InChI=1S/C21H24N2O2S/c1-3-5-15-8-10-17(11-9-15)22-21(25)16-12-20(24)23(14-16)18-6-4-7-19(13-18)26-2/h4,6-11,13,16H,3,5,12,14H2,1-2H3,(H,22,25). The van der Waals surface area contributed by atoms with Crippen LogP contribution in [0.15, 0.2) is 53.4 Å². The number of nitrogens with zero attached hydrogens (tertiary/aromatic N) is 1. The molecule has 1 saturated heterocycles. The van der Waals surface area contributed by atoms with Crippen LogP contribution in [0.25, 0.3) is 0 Å². The second kappa shape index (κ2) is 8.41. The number of aryl methyl sites for hydroxylation is 1. The van der Waals surface area contributed by atoms with Crippen LogP contribution in [0.2, 0.25) is 0 Å². The molecule has 1 aliphatic rings. The van der Waals surface area contributed by atoms with Crippen LogP contribution >= 0.6 is 11.8 Å². The Morgan fingerprint density at radius 1 is 1.23 bits per heavy atom. The van der Waals surface area contributed by atoms with Crippen LogP contribution < -0.4 is 10.2 Å². The van der Waals surface area contributed by atoms with Gasteiger partial charge in [0.15, 0.2) is 0 Å². The molecule has 1 fully saturated rings. The molecule has 2 aromatic carbocycles. The monoisotopic (exact) mass is 368 g/mol. The van der Waals surface area contributed by atoms with Crippen molar-refractivity contribution in [1.29, 1.82) is 0 Å². The minimum absolute atomic E-state index is 0.00157. The van der Waals surface area contributed by atoms with Crippen LogP contribution in [0.5, 0.6) is 0 Å². The number of carbonyl (C=O) groups is 2. The van der Waals surface area contributed by atoms with Crippen LogP contribution in [0.3, 0.4) is 0 Å². The molecule has 0 spiro atoms. The lowest BCUT2D eigenvalue weighted by Gasteiger charge is -2.17. The lowest BCUT2D eigenvalue weighted by atomic mass is 10.1. The SMILES string of the molecule is CCCc1ccc(NC(=O)C2CC(=O)N(c3cccc(SC)c3)C2)cc1. The van der Waals surface area contributed by atoms with E-state index in [1.807, 2.05) is 54.8 Å². The van der Waals surface area contributed by atoms with E-state index in [0.29, 0.717) is 6.54 Å². The summed E-state index contributed by atoms with van der Waals surface area (Å²) in [4.78, 5) is 27.8. The van der Waals surface area contributed by atoms with Crippen LogP contribution in [-0.4, -0.2) is 24.6 Å². The Morgan fingerprint density at radius 2 is 2.00 bits per heavy atom. The Morgan fingerprint density at radius 3 is 2.69 bits per heavy atom. The maximum absolute atomic E-state index is 12.6. The third-order valence-electron chi connectivity index (χ3n) is 4.62. The zero-order valence-corrected chi connectivity index (χ0v) is 16.0. The highest BCUT2D eigenvalue weighted by atomic mass is 32.2. The molecule has 2 amide bonds. The lowest BCUT2D eigenvalue weighted by molar-refractivity contribution is -0.122. The fourth-order valence-electron chi connectivity index (χ4n) is 3.20.